The number of nitrogens with zero attached hydrogens (tertiary/aromatic N) is 4. The molecule has 10 heteroatoms. The molecule has 4 rings (SSSR count). The van der Waals surface area contributed by atoms with Gasteiger partial charge < -0.3 is 15.1 Å². The molecule has 0 aromatic heterocycles. The van der Waals surface area contributed by atoms with E-state index in [0.717, 1.165) is 12.2 Å². The molecule has 9 nitrogen and oxygen atoms in total. The molecule has 0 bridgehead atoms. The standard InChI is InChI=1S/C17H19N5O4S/c1-19-5-6-21-12-4-3-11(22(25)26)7-10(12)8-17(13(21)9-19)14(23)18-16(27)20(2)15(17)24/h3-4,7,13H,5-6,8-9H2,1-2H3,(H,18,23,27)/t13-,17-/m0/s1. The quantitative estimate of drug-likeness (QED) is 0.315. The van der Waals surface area contributed by atoms with Crippen molar-refractivity contribution < 1.29 is 14.5 Å². The molecular formula is C17H19N5O4S. The van der Waals surface area contributed by atoms with Gasteiger partial charge in [-0.2, -0.15) is 0 Å². The van der Waals surface area contributed by atoms with E-state index in [0.29, 0.717) is 18.7 Å². The maximum atomic E-state index is 13.3. The molecule has 2 saturated heterocycles. The summed E-state index contributed by atoms with van der Waals surface area (Å²) in [4.78, 5) is 42.6. The van der Waals surface area contributed by atoms with Crippen molar-refractivity contribution in [3.8, 4) is 0 Å². The number of thiocarbonyl (C=S) groups is 1. The highest BCUT2D eigenvalue weighted by molar-refractivity contribution is 7.80. The summed E-state index contributed by atoms with van der Waals surface area (Å²) in [5.41, 5.74) is 0.0630. The first-order valence-electron chi connectivity index (χ1n) is 8.62. The molecule has 2 atom stereocenters. The monoisotopic (exact) mass is 389 g/mol. The number of likely N-dealkylation sites (N-methyl/N-ethyl adjacent to an activating group) is 1. The molecule has 1 N–H and O–H groups in total. The second-order valence-corrected chi connectivity index (χ2v) is 7.70. The third kappa shape index (κ3) is 2.43. The molecule has 1 aromatic rings. The minimum absolute atomic E-state index is 0.0518. The van der Waals surface area contributed by atoms with Crippen LogP contribution in [0.3, 0.4) is 0 Å². The minimum Gasteiger partial charge on any atom is -0.364 e. The Hall–Kier alpha value is -2.59. The summed E-state index contributed by atoms with van der Waals surface area (Å²) in [5.74, 6) is -0.795. The molecule has 0 unspecified atom stereocenters. The molecule has 1 aromatic carbocycles. The van der Waals surface area contributed by atoms with Crippen molar-refractivity contribution in [2.75, 3.05) is 38.6 Å². The molecule has 3 aliphatic rings. The number of non-ortho nitro benzene ring substituents is 1. The van der Waals surface area contributed by atoms with Gasteiger partial charge in [0.1, 0.15) is 0 Å². The second kappa shape index (κ2) is 5.96. The third-order valence-electron chi connectivity index (χ3n) is 5.82. The lowest BCUT2D eigenvalue weighted by molar-refractivity contribution is -0.384. The van der Waals surface area contributed by atoms with E-state index < -0.39 is 16.2 Å². The van der Waals surface area contributed by atoms with Crippen LogP contribution in [0.4, 0.5) is 11.4 Å². The number of nitrogens with one attached hydrogen (secondary N) is 1. The highest BCUT2D eigenvalue weighted by Crippen LogP contribution is 2.46. The molecule has 1 spiro atoms. The summed E-state index contributed by atoms with van der Waals surface area (Å²) in [6.45, 7) is 1.94. The normalized spacial score (nSPS) is 28.1. The van der Waals surface area contributed by atoms with Crippen molar-refractivity contribution in [2.45, 2.75) is 12.5 Å². The van der Waals surface area contributed by atoms with E-state index in [4.69, 9.17) is 12.2 Å². The van der Waals surface area contributed by atoms with E-state index in [1.54, 1.807) is 13.1 Å². The van der Waals surface area contributed by atoms with Crippen LogP contribution in [0.1, 0.15) is 5.56 Å². The summed E-state index contributed by atoms with van der Waals surface area (Å²) in [7, 11) is 3.50. The summed E-state index contributed by atoms with van der Waals surface area (Å²) >= 11 is 5.10. The topological polar surface area (TPSA) is 99.0 Å². The van der Waals surface area contributed by atoms with Crippen molar-refractivity contribution >= 4 is 40.5 Å². The van der Waals surface area contributed by atoms with Crippen LogP contribution in [-0.2, 0) is 16.0 Å². The molecule has 2 amide bonds. The molecule has 142 valence electrons. The first-order valence-corrected chi connectivity index (χ1v) is 9.02. The van der Waals surface area contributed by atoms with Gasteiger partial charge in [-0.3, -0.25) is 24.6 Å². The summed E-state index contributed by atoms with van der Waals surface area (Å²) < 4.78 is 0. The Morgan fingerprint density at radius 2 is 2.04 bits per heavy atom. The number of amides is 2. The Bertz CT molecular complexity index is 890. The van der Waals surface area contributed by atoms with Gasteiger partial charge in [-0.25, -0.2) is 0 Å². The molecule has 0 radical (unpaired) electrons. The van der Waals surface area contributed by atoms with Crippen molar-refractivity contribution in [3.05, 3.63) is 33.9 Å². The largest absolute Gasteiger partial charge is 0.364 e. The summed E-state index contributed by atoms with van der Waals surface area (Å²) in [5, 5.41) is 14.0. The zero-order valence-corrected chi connectivity index (χ0v) is 15.8. The van der Waals surface area contributed by atoms with Crippen LogP contribution in [0, 0.1) is 15.5 Å². The number of fused-ring (bicyclic) bond motifs is 4. The third-order valence-corrected chi connectivity index (χ3v) is 6.20. The molecule has 2 fully saturated rings. The van der Waals surface area contributed by atoms with Gasteiger partial charge in [0, 0.05) is 50.9 Å². The SMILES string of the molecule is CN1CCN2c3ccc([N+](=O)[O-])cc3C[C@@]3(C(=O)NC(=S)N(C)C3=O)[C@@H]2C1. The second-order valence-electron chi connectivity index (χ2n) is 7.31. The lowest BCUT2D eigenvalue weighted by Gasteiger charge is -2.55. The lowest BCUT2D eigenvalue weighted by Crippen LogP contribution is -2.74. The fraction of sp³-hybridized carbons (Fsp3) is 0.471. The number of nitro benzene ring substituents is 1. The molecule has 0 saturated carbocycles. The number of piperazine rings is 1. The van der Waals surface area contributed by atoms with E-state index in [2.05, 4.69) is 10.2 Å². The molecule has 27 heavy (non-hydrogen) atoms. The number of hydrogen-bond acceptors (Lipinski definition) is 7. The number of nitro groups is 1. The number of anilines is 1. The number of hydrogen-bond donors (Lipinski definition) is 1. The molecule has 0 aliphatic carbocycles. The summed E-state index contributed by atoms with van der Waals surface area (Å²) in [6.07, 6.45) is 0.108. The van der Waals surface area contributed by atoms with Crippen LogP contribution in [0.15, 0.2) is 18.2 Å². The zero-order valence-electron chi connectivity index (χ0n) is 15.0. The van der Waals surface area contributed by atoms with Gasteiger partial charge in [-0.05, 0) is 30.9 Å². The number of rotatable bonds is 1. The average molecular weight is 389 g/mol. The molecule has 3 heterocycles. The summed E-state index contributed by atoms with van der Waals surface area (Å²) in [6, 6.07) is 4.29. The van der Waals surface area contributed by atoms with Crippen LogP contribution >= 0.6 is 12.2 Å². The van der Waals surface area contributed by atoms with Gasteiger partial charge in [-0.1, -0.05) is 0 Å². The van der Waals surface area contributed by atoms with Crippen LogP contribution < -0.4 is 10.2 Å². The van der Waals surface area contributed by atoms with Gasteiger partial charge in [0.25, 0.3) is 5.69 Å². The Morgan fingerprint density at radius 3 is 2.74 bits per heavy atom. The highest BCUT2D eigenvalue weighted by atomic mass is 32.1. The number of carbonyl (C=O) groups excluding carboxylic acids is 2. The maximum absolute atomic E-state index is 13.3. The first-order chi connectivity index (χ1) is 12.8. The van der Waals surface area contributed by atoms with E-state index >= 15 is 0 Å². The van der Waals surface area contributed by atoms with Crippen molar-refractivity contribution in [1.29, 1.82) is 0 Å². The van der Waals surface area contributed by atoms with Crippen LogP contribution in [0.5, 0.6) is 0 Å². The van der Waals surface area contributed by atoms with Gasteiger partial charge in [0.15, 0.2) is 10.5 Å². The number of carbonyl (C=O) groups is 2. The lowest BCUT2D eigenvalue weighted by atomic mass is 9.67. The first kappa shape index (κ1) is 17.8. The fourth-order valence-corrected chi connectivity index (χ4v) is 4.56. The van der Waals surface area contributed by atoms with E-state index in [9.17, 15) is 19.7 Å². The molecular weight excluding hydrogens is 370 g/mol. The maximum Gasteiger partial charge on any atom is 0.269 e. The van der Waals surface area contributed by atoms with Crippen LogP contribution in [-0.4, -0.2) is 71.4 Å². The van der Waals surface area contributed by atoms with Gasteiger partial charge >= 0.3 is 0 Å². The van der Waals surface area contributed by atoms with E-state index in [1.165, 1.54) is 17.0 Å². The van der Waals surface area contributed by atoms with Crippen molar-refractivity contribution in [2.24, 2.45) is 5.41 Å². The predicted octanol–water partition coefficient (Wildman–Crippen LogP) is 0.131. The van der Waals surface area contributed by atoms with Gasteiger partial charge in [0.05, 0.1) is 11.0 Å². The minimum atomic E-state index is -1.37. The van der Waals surface area contributed by atoms with E-state index in [1.807, 2.05) is 11.9 Å². The van der Waals surface area contributed by atoms with Gasteiger partial charge in [0.2, 0.25) is 11.8 Å². The number of benzene rings is 1. The van der Waals surface area contributed by atoms with E-state index in [-0.39, 0.29) is 29.2 Å². The van der Waals surface area contributed by atoms with Crippen LogP contribution in [0.25, 0.3) is 0 Å². The Labute approximate surface area is 161 Å². The smallest absolute Gasteiger partial charge is 0.269 e. The van der Waals surface area contributed by atoms with Crippen molar-refractivity contribution in [1.82, 2.24) is 15.1 Å². The fourth-order valence-electron chi connectivity index (χ4n) is 4.39. The predicted molar refractivity (Wildman–Crippen MR) is 101 cm³/mol. The van der Waals surface area contributed by atoms with Crippen LogP contribution in [0.2, 0.25) is 0 Å². The molecule has 3 aliphatic heterocycles. The Balaban J connectivity index is 1.90. The zero-order chi connectivity index (χ0) is 19.5. The van der Waals surface area contributed by atoms with Crippen molar-refractivity contribution in [3.63, 3.8) is 0 Å². The van der Waals surface area contributed by atoms with Gasteiger partial charge in [-0.15, -0.1) is 0 Å². The highest BCUT2D eigenvalue weighted by Gasteiger charge is 2.61. The average Bonchev–Trinajstić information content (AvgIpc) is 2.64. The Kier molecular flexibility index (Phi) is 3.93. The Morgan fingerprint density at radius 1 is 1.30 bits per heavy atom.